The van der Waals surface area contributed by atoms with Gasteiger partial charge in [0.1, 0.15) is 0 Å². The van der Waals surface area contributed by atoms with Gasteiger partial charge in [-0.3, -0.25) is 5.84 Å². The van der Waals surface area contributed by atoms with E-state index in [1.54, 1.807) is 10.4 Å². The molecule has 0 aliphatic carbocycles. The highest BCUT2D eigenvalue weighted by Crippen LogP contribution is 2.13. The molecule has 0 unspecified atom stereocenters. The number of nitrogens with zero attached hydrogens (tertiary/aromatic N) is 1. The van der Waals surface area contributed by atoms with E-state index in [2.05, 4.69) is 5.43 Å². The van der Waals surface area contributed by atoms with Gasteiger partial charge in [0.2, 0.25) is 10.0 Å². The van der Waals surface area contributed by atoms with Crippen molar-refractivity contribution >= 4 is 28.1 Å². The van der Waals surface area contributed by atoms with Gasteiger partial charge < -0.3 is 5.43 Å². The van der Waals surface area contributed by atoms with Crippen LogP contribution in [-0.4, -0.2) is 31.6 Å². The van der Waals surface area contributed by atoms with Crippen LogP contribution in [0.2, 0.25) is 0 Å². The normalized spacial score (nSPS) is 15.9. The van der Waals surface area contributed by atoms with Gasteiger partial charge in [0.05, 0.1) is 5.75 Å². The third-order valence-corrected chi connectivity index (χ3v) is 5.42. The highest BCUT2D eigenvalue weighted by molar-refractivity contribution is 7.89. The third-order valence-electron chi connectivity index (χ3n) is 3.65. The van der Waals surface area contributed by atoms with E-state index in [-0.39, 0.29) is 18.2 Å². The number of sulfonamides is 1. The lowest BCUT2D eigenvalue weighted by atomic mass is 10.1. The second-order valence-corrected chi connectivity index (χ2v) is 7.25. The van der Waals surface area contributed by atoms with Gasteiger partial charge in [-0.25, -0.2) is 12.7 Å². The zero-order valence-electron chi connectivity index (χ0n) is 12.6. The van der Waals surface area contributed by atoms with Gasteiger partial charge in [-0.2, -0.15) is 0 Å². The van der Waals surface area contributed by atoms with Gasteiger partial charge >= 0.3 is 0 Å². The van der Waals surface area contributed by atoms with E-state index in [0.717, 1.165) is 31.4 Å². The monoisotopic (exact) mass is 345 g/mol. The van der Waals surface area contributed by atoms with Crippen molar-refractivity contribution in [3.05, 3.63) is 42.0 Å². The van der Waals surface area contributed by atoms with Crippen LogP contribution in [0.5, 0.6) is 0 Å². The van der Waals surface area contributed by atoms with Crippen LogP contribution in [0.4, 0.5) is 5.69 Å². The van der Waals surface area contributed by atoms with Crippen molar-refractivity contribution < 1.29 is 8.42 Å². The first kappa shape index (κ1) is 19.0. The minimum absolute atomic E-state index is 0. The summed E-state index contributed by atoms with van der Waals surface area (Å²) in [7, 11) is -3.09. The first-order valence-corrected chi connectivity index (χ1v) is 8.91. The van der Waals surface area contributed by atoms with Gasteiger partial charge in [-0.15, -0.1) is 12.4 Å². The number of hydrogen-bond donors (Lipinski definition) is 2. The van der Waals surface area contributed by atoms with E-state index < -0.39 is 10.0 Å². The van der Waals surface area contributed by atoms with E-state index in [1.165, 1.54) is 5.56 Å². The summed E-state index contributed by atoms with van der Waals surface area (Å²) in [5, 5.41) is 0. The zero-order chi connectivity index (χ0) is 15.1. The van der Waals surface area contributed by atoms with Crippen molar-refractivity contribution in [2.75, 3.05) is 24.3 Å². The van der Waals surface area contributed by atoms with Gasteiger partial charge in [0.15, 0.2) is 0 Å². The third kappa shape index (κ3) is 5.61. The Labute approximate surface area is 139 Å². The Morgan fingerprint density at radius 1 is 1.14 bits per heavy atom. The molecule has 0 atom stereocenters. The zero-order valence-corrected chi connectivity index (χ0v) is 14.2. The van der Waals surface area contributed by atoms with E-state index >= 15 is 0 Å². The molecule has 1 aromatic rings. The molecule has 5 nitrogen and oxygen atoms in total. The van der Waals surface area contributed by atoms with Gasteiger partial charge in [0.25, 0.3) is 0 Å². The van der Waals surface area contributed by atoms with E-state index in [4.69, 9.17) is 5.84 Å². The standard InChI is InChI=1S/C15H23N3O2S.ClH/c16-17-15-9-7-14(8-10-15)6-2-1-5-13-21(19,20)18-11-3-4-12-18;/h1,5,7-10,17H,2-4,6,11-13,16H2;1H. The summed E-state index contributed by atoms with van der Waals surface area (Å²) in [5.41, 5.74) is 4.68. The number of hydrogen-bond acceptors (Lipinski definition) is 4. The fourth-order valence-corrected chi connectivity index (χ4v) is 3.80. The molecule has 0 bridgehead atoms. The summed E-state index contributed by atoms with van der Waals surface area (Å²) in [4.78, 5) is 0. The van der Waals surface area contributed by atoms with Crippen LogP contribution in [0, 0.1) is 0 Å². The molecule has 22 heavy (non-hydrogen) atoms. The smallest absolute Gasteiger partial charge is 0.217 e. The predicted octanol–water partition coefficient (Wildman–Crippen LogP) is 2.31. The van der Waals surface area contributed by atoms with Gasteiger partial charge in [-0.1, -0.05) is 24.3 Å². The Morgan fingerprint density at radius 2 is 1.77 bits per heavy atom. The average Bonchev–Trinajstić information content (AvgIpc) is 3.02. The molecule has 7 heteroatoms. The molecule has 1 aliphatic rings. The first-order valence-electron chi connectivity index (χ1n) is 7.30. The maximum Gasteiger partial charge on any atom is 0.217 e. The van der Waals surface area contributed by atoms with Gasteiger partial charge in [-0.05, 0) is 43.4 Å². The molecule has 1 fully saturated rings. The fourth-order valence-electron chi connectivity index (χ4n) is 2.40. The second-order valence-electron chi connectivity index (χ2n) is 5.24. The van der Waals surface area contributed by atoms with Crippen LogP contribution < -0.4 is 11.3 Å². The van der Waals surface area contributed by atoms with Crippen LogP contribution in [0.25, 0.3) is 0 Å². The van der Waals surface area contributed by atoms with Crippen molar-refractivity contribution in [1.82, 2.24) is 4.31 Å². The van der Waals surface area contributed by atoms with E-state index in [9.17, 15) is 8.42 Å². The molecule has 3 N–H and O–H groups in total. The molecule has 124 valence electrons. The summed E-state index contributed by atoms with van der Waals surface area (Å²) in [6.07, 6.45) is 7.41. The van der Waals surface area contributed by atoms with Crippen LogP contribution in [0.15, 0.2) is 36.4 Å². The lowest BCUT2D eigenvalue weighted by Gasteiger charge is -2.13. The molecular formula is C15H24ClN3O2S. The molecule has 1 aromatic carbocycles. The SMILES string of the molecule is Cl.NNc1ccc(CCC=CCS(=O)(=O)N2CCCC2)cc1. The number of benzene rings is 1. The van der Waals surface area contributed by atoms with Crippen molar-refractivity contribution in [2.45, 2.75) is 25.7 Å². The molecule has 2 rings (SSSR count). The summed E-state index contributed by atoms with van der Waals surface area (Å²) in [5.74, 6) is 5.42. The Bertz CT molecular complexity index is 567. The quantitative estimate of drug-likeness (QED) is 0.451. The number of aryl methyl sites for hydroxylation is 1. The summed E-state index contributed by atoms with van der Waals surface area (Å²) < 4.78 is 25.6. The topological polar surface area (TPSA) is 75.4 Å². The molecule has 0 aromatic heterocycles. The van der Waals surface area contributed by atoms with Crippen LogP contribution in [0.3, 0.4) is 0 Å². The lowest BCUT2D eigenvalue weighted by molar-refractivity contribution is 0.480. The average molecular weight is 346 g/mol. The lowest BCUT2D eigenvalue weighted by Crippen LogP contribution is -2.29. The van der Waals surface area contributed by atoms with Crippen LogP contribution in [0.1, 0.15) is 24.8 Å². The Hall–Kier alpha value is -1.08. The highest BCUT2D eigenvalue weighted by Gasteiger charge is 2.23. The molecule has 0 radical (unpaired) electrons. The molecule has 1 aliphatic heterocycles. The van der Waals surface area contributed by atoms with E-state index in [0.29, 0.717) is 13.1 Å². The number of nitrogens with one attached hydrogen (secondary N) is 1. The molecule has 1 saturated heterocycles. The fraction of sp³-hybridized carbons (Fsp3) is 0.467. The van der Waals surface area contributed by atoms with E-state index in [1.807, 2.05) is 30.3 Å². The van der Waals surface area contributed by atoms with Crippen LogP contribution in [-0.2, 0) is 16.4 Å². The number of rotatable bonds is 7. The number of nitrogens with two attached hydrogens (primary N) is 1. The number of anilines is 1. The van der Waals surface area contributed by atoms with Crippen LogP contribution >= 0.6 is 12.4 Å². The number of hydrazine groups is 1. The van der Waals surface area contributed by atoms with Gasteiger partial charge in [0, 0.05) is 18.8 Å². The molecule has 0 saturated carbocycles. The number of nitrogen functional groups attached to an aromatic ring is 1. The molecular weight excluding hydrogens is 322 g/mol. The molecule has 0 spiro atoms. The number of allylic oxidation sites excluding steroid dienone is 1. The minimum atomic E-state index is -3.09. The maximum absolute atomic E-state index is 12.0. The minimum Gasteiger partial charge on any atom is -0.324 e. The molecule has 1 heterocycles. The number of halogens is 1. The maximum atomic E-state index is 12.0. The Balaban J connectivity index is 0.00000242. The summed E-state index contributed by atoms with van der Waals surface area (Å²) >= 11 is 0. The largest absolute Gasteiger partial charge is 0.324 e. The Morgan fingerprint density at radius 3 is 2.36 bits per heavy atom. The summed E-state index contributed by atoms with van der Waals surface area (Å²) in [6.45, 7) is 1.36. The highest BCUT2D eigenvalue weighted by atomic mass is 35.5. The summed E-state index contributed by atoms with van der Waals surface area (Å²) in [6, 6.07) is 7.89. The first-order chi connectivity index (χ1) is 10.1. The predicted molar refractivity (Wildman–Crippen MR) is 93.6 cm³/mol. The van der Waals surface area contributed by atoms with Crippen molar-refractivity contribution in [2.24, 2.45) is 5.84 Å². The van der Waals surface area contributed by atoms with Crippen molar-refractivity contribution in [3.8, 4) is 0 Å². The second kappa shape index (κ2) is 9.15. The Kier molecular flexibility index (Phi) is 7.89. The molecule has 0 amide bonds. The van der Waals surface area contributed by atoms with Crippen molar-refractivity contribution in [3.63, 3.8) is 0 Å². The van der Waals surface area contributed by atoms with Crippen molar-refractivity contribution in [1.29, 1.82) is 0 Å².